The SMILES string of the molecule is CCCOc1ccc(-c2[nH+]c3cc4c(cc3c(C)c2CC(=O)[O-])OCO4)cc1. The van der Waals surface area contributed by atoms with Crippen LogP contribution in [0, 0.1) is 6.92 Å². The minimum atomic E-state index is -1.12. The van der Waals surface area contributed by atoms with Crippen molar-refractivity contribution in [1.29, 1.82) is 0 Å². The van der Waals surface area contributed by atoms with Crippen molar-refractivity contribution in [3.05, 3.63) is 47.5 Å². The first-order valence-corrected chi connectivity index (χ1v) is 9.28. The fourth-order valence-corrected chi connectivity index (χ4v) is 3.47. The summed E-state index contributed by atoms with van der Waals surface area (Å²) in [5.41, 5.74) is 4.04. The molecule has 0 atom stereocenters. The number of nitrogens with one attached hydrogen (secondary N) is 1. The van der Waals surface area contributed by atoms with Gasteiger partial charge in [0.1, 0.15) is 5.75 Å². The number of ether oxygens (including phenoxy) is 3. The van der Waals surface area contributed by atoms with E-state index in [0.29, 0.717) is 23.7 Å². The number of pyridine rings is 1. The van der Waals surface area contributed by atoms with Gasteiger partial charge in [-0.15, -0.1) is 0 Å². The second-order valence-corrected chi connectivity index (χ2v) is 6.78. The van der Waals surface area contributed by atoms with E-state index in [4.69, 9.17) is 14.2 Å². The van der Waals surface area contributed by atoms with Crippen molar-refractivity contribution < 1.29 is 29.1 Å². The van der Waals surface area contributed by atoms with Crippen molar-refractivity contribution in [3.8, 4) is 28.5 Å². The van der Waals surface area contributed by atoms with Crippen LogP contribution in [0.4, 0.5) is 0 Å². The average Bonchev–Trinajstić information content (AvgIpc) is 3.15. The number of H-pyrrole nitrogens is 1. The van der Waals surface area contributed by atoms with Crippen LogP contribution in [0.3, 0.4) is 0 Å². The molecule has 0 spiro atoms. The minimum Gasteiger partial charge on any atom is -0.550 e. The Bertz CT molecular complexity index is 1040. The number of carboxylic acids is 1. The summed E-state index contributed by atoms with van der Waals surface area (Å²) in [6, 6.07) is 11.4. The van der Waals surface area contributed by atoms with Gasteiger partial charge in [-0.1, -0.05) is 6.92 Å². The molecule has 0 radical (unpaired) electrons. The van der Waals surface area contributed by atoms with E-state index in [1.807, 2.05) is 43.3 Å². The van der Waals surface area contributed by atoms with E-state index in [2.05, 4.69) is 11.9 Å². The fraction of sp³-hybridized carbons (Fsp3) is 0.273. The van der Waals surface area contributed by atoms with E-state index in [1.54, 1.807) is 0 Å². The number of carboxylic acid groups (broad SMARTS) is 1. The first-order chi connectivity index (χ1) is 13.6. The molecule has 0 saturated carbocycles. The third-order valence-electron chi connectivity index (χ3n) is 4.87. The molecule has 0 aliphatic carbocycles. The summed E-state index contributed by atoms with van der Waals surface area (Å²) in [4.78, 5) is 14.8. The van der Waals surface area contributed by atoms with Gasteiger partial charge in [-0.3, -0.25) is 0 Å². The van der Waals surface area contributed by atoms with Crippen molar-refractivity contribution in [2.24, 2.45) is 0 Å². The zero-order valence-electron chi connectivity index (χ0n) is 15.8. The number of hydrogen-bond acceptors (Lipinski definition) is 5. The zero-order valence-corrected chi connectivity index (χ0v) is 15.8. The van der Waals surface area contributed by atoms with Gasteiger partial charge in [-0.2, -0.15) is 0 Å². The van der Waals surface area contributed by atoms with Gasteiger partial charge in [0, 0.05) is 23.5 Å². The van der Waals surface area contributed by atoms with E-state index in [1.165, 1.54) is 0 Å². The lowest BCUT2D eigenvalue weighted by atomic mass is 9.95. The van der Waals surface area contributed by atoms with Crippen molar-refractivity contribution in [3.63, 3.8) is 0 Å². The standard InChI is InChI=1S/C22H21NO5/c1-3-8-26-15-6-4-14(5-7-15)22-17(10-21(24)25)13(2)16-9-19-20(28-12-27-19)11-18(16)23-22/h4-7,9,11H,3,8,10,12H2,1-2H3,(H,24,25). The molecule has 1 aromatic heterocycles. The summed E-state index contributed by atoms with van der Waals surface area (Å²) in [7, 11) is 0. The molecule has 2 aromatic carbocycles. The average molecular weight is 379 g/mol. The van der Waals surface area contributed by atoms with Gasteiger partial charge in [0.15, 0.2) is 11.5 Å². The fourth-order valence-electron chi connectivity index (χ4n) is 3.47. The molecule has 144 valence electrons. The van der Waals surface area contributed by atoms with Crippen LogP contribution in [0.25, 0.3) is 22.2 Å². The van der Waals surface area contributed by atoms with Crippen LogP contribution in [0.1, 0.15) is 24.5 Å². The predicted octanol–water partition coefficient (Wildman–Crippen LogP) is 2.44. The van der Waals surface area contributed by atoms with Gasteiger partial charge in [-0.25, -0.2) is 4.98 Å². The molecule has 1 N–H and O–H groups in total. The predicted molar refractivity (Wildman–Crippen MR) is 101 cm³/mol. The van der Waals surface area contributed by atoms with Crippen molar-refractivity contribution in [1.82, 2.24) is 0 Å². The van der Waals surface area contributed by atoms with Crippen LogP contribution in [0.2, 0.25) is 0 Å². The number of aromatic amines is 1. The lowest BCUT2D eigenvalue weighted by molar-refractivity contribution is -0.332. The van der Waals surface area contributed by atoms with Crippen LogP contribution in [0.5, 0.6) is 17.2 Å². The molecule has 0 unspecified atom stereocenters. The first-order valence-electron chi connectivity index (χ1n) is 9.28. The maximum atomic E-state index is 11.4. The molecule has 1 aliphatic rings. The van der Waals surface area contributed by atoms with Crippen LogP contribution in [-0.2, 0) is 11.2 Å². The molecule has 6 heteroatoms. The van der Waals surface area contributed by atoms with E-state index in [-0.39, 0.29) is 13.2 Å². The Balaban J connectivity index is 1.85. The van der Waals surface area contributed by atoms with Gasteiger partial charge in [0.2, 0.25) is 18.0 Å². The lowest BCUT2D eigenvalue weighted by Crippen LogP contribution is -2.26. The highest BCUT2D eigenvalue weighted by Crippen LogP contribution is 2.37. The summed E-state index contributed by atoms with van der Waals surface area (Å²) < 4.78 is 16.6. The Hall–Kier alpha value is -3.28. The Morgan fingerprint density at radius 3 is 2.57 bits per heavy atom. The van der Waals surface area contributed by atoms with Gasteiger partial charge in [-0.05, 0) is 49.2 Å². The maximum absolute atomic E-state index is 11.4. The number of aliphatic carboxylic acids is 1. The number of fused-ring (bicyclic) bond motifs is 2. The van der Waals surface area contributed by atoms with Gasteiger partial charge >= 0.3 is 0 Å². The summed E-state index contributed by atoms with van der Waals surface area (Å²) in [6.07, 6.45) is 0.751. The van der Waals surface area contributed by atoms with Gasteiger partial charge in [0.05, 0.1) is 18.1 Å². The molecule has 1 aliphatic heterocycles. The maximum Gasteiger partial charge on any atom is 0.231 e. The van der Waals surface area contributed by atoms with Crippen molar-refractivity contribution in [2.45, 2.75) is 26.7 Å². The van der Waals surface area contributed by atoms with E-state index < -0.39 is 5.97 Å². The van der Waals surface area contributed by atoms with E-state index >= 15 is 0 Å². The topological polar surface area (TPSA) is 82.0 Å². The molecule has 6 nitrogen and oxygen atoms in total. The lowest BCUT2D eigenvalue weighted by Gasteiger charge is -2.12. The van der Waals surface area contributed by atoms with E-state index in [9.17, 15) is 9.90 Å². The Kier molecular flexibility index (Phi) is 4.77. The number of carbonyl (C=O) groups excluding carboxylic acids is 1. The van der Waals surface area contributed by atoms with Crippen LogP contribution < -0.4 is 24.3 Å². The van der Waals surface area contributed by atoms with Crippen LogP contribution in [-0.4, -0.2) is 19.4 Å². The summed E-state index contributed by atoms with van der Waals surface area (Å²) in [5, 5.41) is 12.3. The van der Waals surface area contributed by atoms with E-state index in [0.717, 1.165) is 39.9 Å². The Labute approximate surface area is 162 Å². The molecule has 0 saturated heterocycles. The van der Waals surface area contributed by atoms with Gasteiger partial charge < -0.3 is 24.1 Å². The highest BCUT2D eigenvalue weighted by Gasteiger charge is 2.24. The summed E-state index contributed by atoms with van der Waals surface area (Å²) in [5.74, 6) is 0.993. The molecular formula is C22H21NO5. The molecule has 0 amide bonds. The Morgan fingerprint density at radius 2 is 1.89 bits per heavy atom. The molecule has 2 heterocycles. The van der Waals surface area contributed by atoms with Crippen LogP contribution in [0.15, 0.2) is 36.4 Å². The first kappa shape index (κ1) is 18.1. The number of aromatic nitrogens is 1. The number of carbonyl (C=O) groups is 1. The molecule has 0 bridgehead atoms. The highest BCUT2D eigenvalue weighted by molar-refractivity contribution is 5.88. The third kappa shape index (κ3) is 3.33. The molecule has 4 rings (SSSR count). The minimum absolute atomic E-state index is 0.183. The number of aryl methyl sites for hydroxylation is 1. The smallest absolute Gasteiger partial charge is 0.231 e. The number of benzene rings is 2. The normalized spacial score (nSPS) is 12.4. The largest absolute Gasteiger partial charge is 0.550 e. The quantitative estimate of drug-likeness (QED) is 0.657. The Morgan fingerprint density at radius 1 is 1.18 bits per heavy atom. The second kappa shape index (κ2) is 7.38. The molecule has 0 fully saturated rings. The number of rotatable bonds is 6. The summed E-state index contributed by atoms with van der Waals surface area (Å²) >= 11 is 0. The highest BCUT2D eigenvalue weighted by atomic mass is 16.7. The van der Waals surface area contributed by atoms with Crippen LogP contribution >= 0.6 is 0 Å². The zero-order chi connectivity index (χ0) is 19.7. The third-order valence-corrected chi connectivity index (χ3v) is 4.87. The second-order valence-electron chi connectivity index (χ2n) is 6.78. The van der Waals surface area contributed by atoms with Crippen molar-refractivity contribution in [2.75, 3.05) is 13.4 Å². The number of hydrogen-bond donors (Lipinski definition) is 0. The monoisotopic (exact) mass is 379 g/mol. The van der Waals surface area contributed by atoms with Crippen molar-refractivity contribution >= 4 is 16.9 Å². The summed E-state index contributed by atoms with van der Waals surface area (Å²) in [6.45, 7) is 4.81. The molecule has 28 heavy (non-hydrogen) atoms. The molecule has 3 aromatic rings. The molecular weight excluding hydrogens is 358 g/mol. The van der Waals surface area contributed by atoms with Gasteiger partial charge in [0.25, 0.3) is 0 Å².